The second-order valence-electron chi connectivity index (χ2n) is 4.51. The van der Waals surface area contributed by atoms with Gasteiger partial charge in [-0.1, -0.05) is 0 Å². The van der Waals surface area contributed by atoms with E-state index in [0.717, 1.165) is 17.3 Å². The maximum Gasteiger partial charge on any atom is 0.240 e. The molecule has 1 saturated heterocycles. The van der Waals surface area contributed by atoms with Crippen LogP contribution in [0.5, 0.6) is 0 Å². The van der Waals surface area contributed by atoms with Gasteiger partial charge in [0.05, 0.1) is 16.5 Å². The van der Waals surface area contributed by atoms with Crippen molar-refractivity contribution in [2.75, 3.05) is 23.8 Å². The van der Waals surface area contributed by atoms with Crippen LogP contribution < -0.4 is 4.72 Å². The highest BCUT2D eigenvalue weighted by molar-refractivity contribution is 8.06. The van der Waals surface area contributed by atoms with Gasteiger partial charge in [0.25, 0.3) is 0 Å². The zero-order valence-corrected chi connectivity index (χ0v) is 13.6. The molecule has 1 aliphatic heterocycles. The maximum absolute atomic E-state index is 12.3. The summed E-state index contributed by atoms with van der Waals surface area (Å²) in [5, 5.41) is 9.14. The Morgan fingerprint density at radius 1 is 1.45 bits per heavy atom. The number of benzene rings is 1. The minimum atomic E-state index is -3.50. The van der Waals surface area contributed by atoms with E-state index in [0.29, 0.717) is 22.9 Å². The smallest absolute Gasteiger partial charge is 0.210 e. The van der Waals surface area contributed by atoms with Crippen LogP contribution in [0.2, 0.25) is 0 Å². The van der Waals surface area contributed by atoms with Crippen molar-refractivity contribution in [2.24, 2.45) is 0 Å². The van der Waals surface area contributed by atoms with Crippen LogP contribution in [0.25, 0.3) is 0 Å². The van der Waals surface area contributed by atoms with Crippen LogP contribution in [0.4, 0.5) is 0 Å². The molecule has 1 N–H and O–H groups in total. The summed E-state index contributed by atoms with van der Waals surface area (Å²) >= 11 is 3.68. The van der Waals surface area contributed by atoms with Gasteiger partial charge in [-0.05, 0) is 30.7 Å². The van der Waals surface area contributed by atoms with E-state index in [4.69, 9.17) is 5.26 Å². The fraction of sp³-hybridized carbons (Fsp3) is 0.462. The molecule has 4 nitrogen and oxygen atoms in total. The molecule has 1 heterocycles. The van der Waals surface area contributed by atoms with Crippen molar-refractivity contribution in [1.82, 2.24) is 4.72 Å². The Bertz CT molecular complexity index is 617. The molecule has 2 rings (SSSR count). The quantitative estimate of drug-likeness (QED) is 0.915. The van der Waals surface area contributed by atoms with Gasteiger partial charge in [0.2, 0.25) is 10.0 Å². The average Bonchev–Trinajstić information content (AvgIpc) is 2.46. The van der Waals surface area contributed by atoms with Crippen LogP contribution in [0.1, 0.15) is 11.1 Å². The molecule has 1 unspecified atom stereocenters. The summed E-state index contributed by atoms with van der Waals surface area (Å²) in [6.45, 7) is 2.17. The van der Waals surface area contributed by atoms with Gasteiger partial charge in [-0.25, -0.2) is 13.1 Å². The summed E-state index contributed by atoms with van der Waals surface area (Å²) in [5.41, 5.74) is 1.07. The zero-order valence-electron chi connectivity index (χ0n) is 11.1. The molecule has 108 valence electrons. The number of nitriles is 1. The summed E-state index contributed by atoms with van der Waals surface area (Å²) < 4.78 is 27.2. The van der Waals surface area contributed by atoms with E-state index in [1.807, 2.05) is 29.6 Å². The summed E-state index contributed by atoms with van der Waals surface area (Å²) in [5.74, 6) is 3.20. The lowest BCUT2D eigenvalue weighted by atomic mass is 10.2. The van der Waals surface area contributed by atoms with E-state index in [9.17, 15) is 8.42 Å². The van der Waals surface area contributed by atoms with E-state index < -0.39 is 10.0 Å². The standard InChI is InChI=1S/C13H16N2O2S3/c1-10-6-11(7-14)2-3-13(10)20(16,17)15-8-12-9-18-4-5-19-12/h2-3,6,12,15H,4-5,8-9H2,1H3. The van der Waals surface area contributed by atoms with Crippen LogP contribution in [0.3, 0.4) is 0 Å². The lowest BCUT2D eigenvalue weighted by molar-refractivity contribution is 0.581. The fourth-order valence-corrected chi connectivity index (χ4v) is 5.98. The minimum Gasteiger partial charge on any atom is -0.210 e. The molecule has 7 heteroatoms. The monoisotopic (exact) mass is 328 g/mol. The summed E-state index contributed by atoms with van der Waals surface area (Å²) in [7, 11) is -3.50. The Morgan fingerprint density at radius 3 is 2.85 bits per heavy atom. The Hall–Kier alpha value is -0.680. The number of aryl methyl sites for hydroxylation is 1. The van der Waals surface area contributed by atoms with Gasteiger partial charge in [-0.15, -0.1) is 0 Å². The molecule has 20 heavy (non-hydrogen) atoms. The van der Waals surface area contributed by atoms with Crippen molar-refractivity contribution in [3.8, 4) is 6.07 Å². The number of hydrogen-bond acceptors (Lipinski definition) is 5. The first-order valence-electron chi connectivity index (χ1n) is 6.22. The van der Waals surface area contributed by atoms with Crippen molar-refractivity contribution in [3.05, 3.63) is 29.3 Å². The van der Waals surface area contributed by atoms with Crippen LogP contribution in [0, 0.1) is 18.3 Å². The molecule has 0 saturated carbocycles. The number of sulfonamides is 1. The first-order valence-corrected chi connectivity index (χ1v) is 9.91. The van der Waals surface area contributed by atoms with Crippen molar-refractivity contribution >= 4 is 33.5 Å². The normalized spacial score (nSPS) is 19.5. The predicted octanol–water partition coefficient (Wildman–Crippen LogP) is 1.99. The van der Waals surface area contributed by atoms with Crippen molar-refractivity contribution < 1.29 is 8.42 Å². The van der Waals surface area contributed by atoms with E-state index in [1.54, 1.807) is 13.0 Å². The first-order chi connectivity index (χ1) is 9.53. The maximum atomic E-state index is 12.3. The summed E-state index contributed by atoms with van der Waals surface area (Å²) in [6, 6.07) is 6.64. The molecule has 0 aromatic heterocycles. The highest BCUT2D eigenvalue weighted by Gasteiger charge is 2.20. The predicted molar refractivity (Wildman–Crippen MR) is 84.7 cm³/mol. The average molecular weight is 328 g/mol. The van der Waals surface area contributed by atoms with E-state index in [2.05, 4.69) is 4.72 Å². The van der Waals surface area contributed by atoms with Crippen LogP contribution in [-0.4, -0.2) is 37.5 Å². The van der Waals surface area contributed by atoms with Gasteiger partial charge < -0.3 is 0 Å². The zero-order chi connectivity index (χ0) is 14.6. The number of nitrogens with zero attached hydrogens (tertiary/aromatic N) is 1. The topological polar surface area (TPSA) is 70.0 Å². The molecule has 0 radical (unpaired) electrons. The van der Waals surface area contributed by atoms with E-state index >= 15 is 0 Å². The Morgan fingerprint density at radius 2 is 2.25 bits per heavy atom. The molecule has 1 aliphatic rings. The van der Waals surface area contributed by atoms with Crippen molar-refractivity contribution in [2.45, 2.75) is 17.1 Å². The Balaban J connectivity index is 2.08. The molecular weight excluding hydrogens is 312 g/mol. The highest BCUT2D eigenvalue weighted by atomic mass is 32.2. The Kier molecular flexibility index (Phi) is 5.38. The van der Waals surface area contributed by atoms with Gasteiger partial charge >= 0.3 is 0 Å². The second kappa shape index (κ2) is 6.85. The van der Waals surface area contributed by atoms with Crippen molar-refractivity contribution in [1.29, 1.82) is 5.26 Å². The first kappa shape index (κ1) is 15.7. The van der Waals surface area contributed by atoms with Crippen LogP contribution in [0.15, 0.2) is 23.1 Å². The van der Waals surface area contributed by atoms with Gasteiger partial charge in [-0.3, -0.25) is 0 Å². The minimum absolute atomic E-state index is 0.255. The molecule has 1 fully saturated rings. The molecule has 0 bridgehead atoms. The SMILES string of the molecule is Cc1cc(C#N)ccc1S(=O)(=O)NCC1CSCCS1. The molecule has 1 aromatic rings. The van der Waals surface area contributed by atoms with Gasteiger partial charge in [0, 0.05) is 29.1 Å². The van der Waals surface area contributed by atoms with Crippen LogP contribution >= 0.6 is 23.5 Å². The molecular formula is C13H16N2O2S3. The van der Waals surface area contributed by atoms with Gasteiger partial charge in [-0.2, -0.15) is 28.8 Å². The van der Waals surface area contributed by atoms with E-state index in [-0.39, 0.29) is 4.90 Å². The molecule has 0 amide bonds. The van der Waals surface area contributed by atoms with Gasteiger partial charge in [0.1, 0.15) is 0 Å². The molecule has 0 aliphatic carbocycles. The molecule has 1 aromatic carbocycles. The molecule has 0 spiro atoms. The fourth-order valence-electron chi connectivity index (χ4n) is 1.96. The number of nitrogens with one attached hydrogen (secondary N) is 1. The summed E-state index contributed by atoms with van der Waals surface area (Å²) in [6.07, 6.45) is 0. The van der Waals surface area contributed by atoms with Crippen LogP contribution in [-0.2, 0) is 10.0 Å². The lowest BCUT2D eigenvalue weighted by Crippen LogP contribution is -2.33. The summed E-state index contributed by atoms with van der Waals surface area (Å²) in [4.78, 5) is 0.255. The van der Waals surface area contributed by atoms with Crippen molar-refractivity contribution in [3.63, 3.8) is 0 Å². The second-order valence-corrected chi connectivity index (χ2v) is 8.81. The molecule has 1 atom stereocenters. The third-order valence-electron chi connectivity index (χ3n) is 2.98. The largest absolute Gasteiger partial charge is 0.240 e. The van der Waals surface area contributed by atoms with Gasteiger partial charge in [0.15, 0.2) is 0 Å². The number of rotatable bonds is 4. The highest BCUT2D eigenvalue weighted by Crippen LogP contribution is 2.24. The number of hydrogen-bond donors (Lipinski definition) is 1. The number of thioether (sulfide) groups is 2. The Labute approximate surface area is 128 Å². The van der Waals surface area contributed by atoms with E-state index in [1.165, 1.54) is 12.1 Å². The third-order valence-corrected chi connectivity index (χ3v) is 7.41. The lowest BCUT2D eigenvalue weighted by Gasteiger charge is -2.21. The third kappa shape index (κ3) is 3.92.